The quantitative estimate of drug-likeness (QED) is 0.658. The monoisotopic (exact) mass is 267 g/mol. The van der Waals surface area contributed by atoms with Gasteiger partial charge in [-0.15, -0.1) is 0 Å². The first-order chi connectivity index (χ1) is 8.94. The molecule has 0 aliphatic heterocycles. The molecule has 0 saturated carbocycles. The third-order valence-electron chi connectivity index (χ3n) is 4.01. The standard InChI is InChI=1S/C16H33N3/c1-7-10-11-19(14(4)8-2)15(5)12-16(6,13-17)18-9-3/h14-15,18H,7-12H2,1-6H3. The zero-order valence-electron chi connectivity index (χ0n) is 13.8. The van der Waals surface area contributed by atoms with Crippen LogP contribution in [0.5, 0.6) is 0 Å². The molecule has 0 fully saturated rings. The van der Waals surface area contributed by atoms with Gasteiger partial charge in [0.1, 0.15) is 5.54 Å². The second-order valence-electron chi connectivity index (χ2n) is 5.88. The van der Waals surface area contributed by atoms with Crippen LogP contribution >= 0.6 is 0 Å². The minimum absolute atomic E-state index is 0.411. The predicted octanol–water partition coefficient (Wildman–Crippen LogP) is 3.56. The number of hydrogen-bond acceptors (Lipinski definition) is 3. The molecule has 3 atom stereocenters. The Labute approximate surface area is 120 Å². The summed E-state index contributed by atoms with van der Waals surface area (Å²) in [7, 11) is 0. The average molecular weight is 267 g/mol. The molecule has 0 aliphatic carbocycles. The summed E-state index contributed by atoms with van der Waals surface area (Å²) < 4.78 is 0. The Balaban J connectivity index is 4.70. The lowest BCUT2D eigenvalue weighted by atomic mass is 9.93. The summed E-state index contributed by atoms with van der Waals surface area (Å²) in [4.78, 5) is 2.57. The number of unbranched alkanes of at least 4 members (excludes halogenated alkanes) is 1. The van der Waals surface area contributed by atoms with Crippen LogP contribution < -0.4 is 5.32 Å². The highest BCUT2D eigenvalue weighted by Gasteiger charge is 2.29. The predicted molar refractivity (Wildman–Crippen MR) is 83.1 cm³/mol. The maximum atomic E-state index is 9.39. The molecule has 3 unspecified atom stereocenters. The van der Waals surface area contributed by atoms with Gasteiger partial charge in [0.25, 0.3) is 0 Å². The molecule has 3 nitrogen and oxygen atoms in total. The van der Waals surface area contributed by atoms with Crippen LogP contribution in [0.2, 0.25) is 0 Å². The lowest BCUT2D eigenvalue weighted by Gasteiger charge is -2.37. The number of nitrogens with one attached hydrogen (secondary N) is 1. The van der Waals surface area contributed by atoms with Crippen molar-refractivity contribution in [2.24, 2.45) is 0 Å². The highest BCUT2D eigenvalue weighted by molar-refractivity contribution is 5.05. The van der Waals surface area contributed by atoms with E-state index in [1.165, 1.54) is 19.3 Å². The van der Waals surface area contributed by atoms with Crippen LogP contribution in [0.3, 0.4) is 0 Å². The topological polar surface area (TPSA) is 39.1 Å². The normalized spacial score (nSPS) is 17.8. The zero-order valence-corrected chi connectivity index (χ0v) is 13.8. The van der Waals surface area contributed by atoms with Gasteiger partial charge in [0.05, 0.1) is 6.07 Å². The van der Waals surface area contributed by atoms with Crippen LogP contribution in [0.4, 0.5) is 0 Å². The van der Waals surface area contributed by atoms with E-state index < -0.39 is 5.54 Å². The highest BCUT2D eigenvalue weighted by atomic mass is 15.2. The van der Waals surface area contributed by atoms with Gasteiger partial charge in [-0.1, -0.05) is 27.2 Å². The molecule has 0 radical (unpaired) electrons. The van der Waals surface area contributed by atoms with Gasteiger partial charge in [0, 0.05) is 12.1 Å². The van der Waals surface area contributed by atoms with Crippen molar-refractivity contribution in [3.8, 4) is 6.07 Å². The summed E-state index contributed by atoms with van der Waals surface area (Å²) in [5.41, 5.74) is -0.411. The number of nitrogens with zero attached hydrogens (tertiary/aromatic N) is 2. The van der Waals surface area contributed by atoms with Crippen molar-refractivity contribution in [3.63, 3.8) is 0 Å². The molecular weight excluding hydrogens is 234 g/mol. The Bertz CT molecular complexity index is 272. The molecule has 0 heterocycles. The van der Waals surface area contributed by atoms with Crippen LogP contribution in [-0.4, -0.2) is 35.6 Å². The van der Waals surface area contributed by atoms with Crippen molar-refractivity contribution in [1.29, 1.82) is 5.26 Å². The first-order valence-electron chi connectivity index (χ1n) is 7.86. The third-order valence-corrected chi connectivity index (χ3v) is 4.01. The van der Waals surface area contributed by atoms with Gasteiger partial charge in [0.15, 0.2) is 0 Å². The van der Waals surface area contributed by atoms with E-state index in [-0.39, 0.29) is 0 Å². The van der Waals surface area contributed by atoms with Crippen LogP contribution in [0.15, 0.2) is 0 Å². The second kappa shape index (κ2) is 9.34. The Hall–Kier alpha value is -0.590. The largest absolute Gasteiger partial charge is 0.300 e. The summed E-state index contributed by atoms with van der Waals surface area (Å²) in [6.07, 6.45) is 4.51. The fraction of sp³-hybridized carbons (Fsp3) is 0.938. The fourth-order valence-corrected chi connectivity index (χ4v) is 2.71. The van der Waals surface area contributed by atoms with E-state index in [0.29, 0.717) is 12.1 Å². The number of hydrogen-bond donors (Lipinski definition) is 1. The zero-order chi connectivity index (χ0) is 14.9. The highest BCUT2D eigenvalue weighted by Crippen LogP contribution is 2.19. The molecule has 0 amide bonds. The molecule has 19 heavy (non-hydrogen) atoms. The van der Waals surface area contributed by atoms with Crippen LogP contribution in [0, 0.1) is 11.3 Å². The first kappa shape index (κ1) is 18.4. The Morgan fingerprint density at radius 1 is 1.21 bits per heavy atom. The maximum Gasteiger partial charge on any atom is 0.105 e. The lowest BCUT2D eigenvalue weighted by molar-refractivity contribution is 0.125. The summed E-state index contributed by atoms with van der Waals surface area (Å²) >= 11 is 0. The smallest absolute Gasteiger partial charge is 0.105 e. The molecule has 0 aromatic heterocycles. The van der Waals surface area contributed by atoms with E-state index in [2.05, 4.69) is 50.9 Å². The summed E-state index contributed by atoms with van der Waals surface area (Å²) in [6, 6.07) is 3.46. The van der Waals surface area contributed by atoms with E-state index in [1.807, 2.05) is 6.92 Å². The lowest BCUT2D eigenvalue weighted by Crippen LogP contribution is -2.49. The molecular formula is C16H33N3. The Morgan fingerprint density at radius 2 is 1.84 bits per heavy atom. The molecule has 0 saturated heterocycles. The molecule has 0 bridgehead atoms. The van der Waals surface area contributed by atoms with Crippen molar-refractivity contribution >= 4 is 0 Å². The second-order valence-corrected chi connectivity index (χ2v) is 5.88. The van der Waals surface area contributed by atoms with Crippen LogP contribution in [0.1, 0.15) is 67.2 Å². The number of rotatable bonds is 10. The summed E-state index contributed by atoms with van der Waals surface area (Å²) in [5, 5.41) is 12.7. The molecule has 0 aliphatic rings. The molecule has 0 aromatic carbocycles. The van der Waals surface area contributed by atoms with Crippen molar-refractivity contribution in [2.45, 2.75) is 84.8 Å². The van der Waals surface area contributed by atoms with Gasteiger partial charge in [-0.3, -0.25) is 10.2 Å². The average Bonchev–Trinajstić information content (AvgIpc) is 2.38. The first-order valence-corrected chi connectivity index (χ1v) is 7.86. The van der Waals surface area contributed by atoms with Crippen LogP contribution in [0.25, 0.3) is 0 Å². The van der Waals surface area contributed by atoms with E-state index >= 15 is 0 Å². The molecule has 0 spiro atoms. The van der Waals surface area contributed by atoms with Gasteiger partial charge in [0.2, 0.25) is 0 Å². The van der Waals surface area contributed by atoms with Gasteiger partial charge in [-0.25, -0.2) is 0 Å². The Kier molecular flexibility index (Phi) is 9.05. The molecule has 0 aromatic rings. The maximum absolute atomic E-state index is 9.39. The van der Waals surface area contributed by atoms with E-state index in [0.717, 1.165) is 19.5 Å². The van der Waals surface area contributed by atoms with Gasteiger partial charge < -0.3 is 0 Å². The summed E-state index contributed by atoms with van der Waals surface area (Å²) in [5.74, 6) is 0. The Morgan fingerprint density at radius 3 is 2.26 bits per heavy atom. The van der Waals surface area contributed by atoms with Crippen molar-refractivity contribution in [2.75, 3.05) is 13.1 Å². The minimum Gasteiger partial charge on any atom is -0.300 e. The molecule has 1 N–H and O–H groups in total. The third kappa shape index (κ3) is 6.40. The number of nitriles is 1. The van der Waals surface area contributed by atoms with E-state index in [1.54, 1.807) is 0 Å². The molecule has 0 rings (SSSR count). The fourth-order valence-electron chi connectivity index (χ4n) is 2.71. The van der Waals surface area contributed by atoms with Crippen LogP contribution in [-0.2, 0) is 0 Å². The molecule has 3 heteroatoms. The molecule has 112 valence electrons. The SMILES string of the molecule is CCCCN(C(C)CC)C(C)CC(C)(C#N)NCC. The van der Waals surface area contributed by atoms with Crippen molar-refractivity contribution in [3.05, 3.63) is 0 Å². The van der Waals surface area contributed by atoms with Gasteiger partial charge in [-0.05, 0) is 53.1 Å². The minimum atomic E-state index is -0.411. The van der Waals surface area contributed by atoms with E-state index in [4.69, 9.17) is 0 Å². The van der Waals surface area contributed by atoms with Crippen molar-refractivity contribution in [1.82, 2.24) is 10.2 Å². The van der Waals surface area contributed by atoms with Gasteiger partial charge in [-0.2, -0.15) is 5.26 Å². The summed E-state index contributed by atoms with van der Waals surface area (Å²) in [6.45, 7) is 15.1. The van der Waals surface area contributed by atoms with Crippen molar-refractivity contribution < 1.29 is 0 Å². The van der Waals surface area contributed by atoms with Gasteiger partial charge >= 0.3 is 0 Å². The van der Waals surface area contributed by atoms with E-state index in [9.17, 15) is 5.26 Å².